The van der Waals surface area contributed by atoms with Crippen molar-refractivity contribution in [2.45, 2.75) is 13.8 Å². The molecule has 0 unspecified atom stereocenters. The summed E-state index contributed by atoms with van der Waals surface area (Å²) in [5.74, 6) is -0.482. The number of quaternary nitrogens is 1. The monoisotopic (exact) mass is 410 g/mol. The molecule has 0 atom stereocenters. The molecule has 1 heterocycles. The van der Waals surface area contributed by atoms with Gasteiger partial charge in [-0.3, -0.25) is 20.4 Å². The molecule has 3 rings (SSSR count). The van der Waals surface area contributed by atoms with Crippen LogP contribution in [0, 0.1) is 0 Å². The number of nitrogens with one attached hydrogen (secondary N) is 3. The summed E-state index contributed by atoms with van der Waals surface area (Å²) in [6.45, 7) is 10.00. The Morgan fingerprint density at radius 3 is 2.17 bits per heavy atom. The van der Waals surface area contributed by atoms with E-state index in [9.17, 15) is 9.59 Å². The molecule has 0 aliphatic carbocycles. The standard InChI is InChI=1S/C23H31N5O2/c1-3-27(4-2)21-12-10-19(11-13-21)23(30)25-24-22(29)18-26-14-16-28(17-15-26)20-8-6-5-7-9-20/h5-13H,3-4,14-18H2,1-2H3,(H,24,29)(H,25,30)/p+1. The molecule has 1 saturated heterocycles. The Hall–Kier alpha value is -3.06. The first kappa shape index (κ1) is 21.6. The highest BCUT2D eigenvalue weighted by Gasteiger charge is 2.22. The number of piperazine rings is 1. The number of amides is 2. The molecule has 0 spiro atoms. The third kappa shape index (κ3) is 5.73. The van der Waals surface area contributed by atoms with Gasteiger partial charge >= 0.3 is 0 Å². The summed E-state index contributed by atoms with van der Waals surface area (Å²) >= 11 is 0. The van der Waals surface area contributed by atoms with E-state index in [0.717, 1.165) is 45.0 Å². The number of hydrogen-bond acceptors (Lipinski definition) is 4. The summed E-state index contributed by atoms with van der Waals surface area (Å²) in [6.07, 6.45) is 0. The lowest BCUT2D eigenvalue weighted by atomic mass is 10.2. The summed E-state index contributed by atoms with van der Waals surface area (Å²) in [5, 5.41) is 0. The number of nitrogens with zero attached hydrogens (tertiary/aromatic N) is 2. The molecular weight excluding hydrogens is 378 g/mol. The van der Waals surface area contributed by atoms with Crippen LogP contribution < -0.4 is 25.6 Å². The van der Waals surface area contributed by atoms with Gasteiger partial charge in [0.05, 0.1) is 26.2 Å². The van der Waals surface area contributed by atoms with Crippen LogP contribution >= 0.6 is 0 Å². The second-order valence-electron chi connectivity index (χ2n) is 7.47. The van der Waals surface area contributed by atoms with Gasteiger partial charge < -0.3 is 14.7 Å². The number of hydrazine groups is 1. The molecule has 0 saturated carbocycles. The molecular formula is C23H32N5O2+. The molecule has 7 heteroatoms. The number of carbonyl (C=O) groups is 2. The van der Waals surface area contributed by atoms with Crippen molar-refractivity contribution in [1.29, 1.82) is 0 Å². The minimum atomic E-state index is -0.307. The number of rotatable bonds is 7. The molecule has 30 heavy (non-hydrogen) atoms. The van der Waals surface area contributed by atoms with Crippen LogP contribution in [0.25, 0.3) is 0 Å². The van der Waals surface area contributed by atoms with Gasteiger partial charge in [-0.05, 0) is 50.2 Å². The van der Waals surface area contributed by atoms with Crippen LogP contribution in [0.2, 0.25) is 0 Å². The van der Waals surface area contributed by atoms with Crippen molar-refractivity contribution in [1.82, 2.24) is 10.9 Å². The van der Waals surface area contributed by atoms with Crippen LogP contribution in [0.3, 0.4) is 0 Å². The Morgan fingerprint density at radius 2 is 1.57 bits per heavy atom. The minimum absolute atomic E-state index is 0.175. The third-order valence-electron chi connectivity index (χ3n) is 5.58. The van der Waals surface area contributed by atoms with Crippen molar-refractivity contribution in [2.24, 2.45) is 0 Å². The molecule has 3 N–H and O–H groups in total. The van der Waals surface area contributed by atoms with Crippen molar-refractivity contribution in [3.63, 3.8) is 0 Å². The molecule has 2 aromatic rings. The quantitative estimate of drug-likeness (QED) is 0.588. The maximum atomic E-state index is 12.3. The largest absolute Gasteiger partial charge is 0.372 e. The fourth-order valence-corrected chi connectivity index (χ4v) is 3.78. The zero-order valence-corrected chi connectivity index (χ0v) is 17.9. The number of hydrogen-bond donors (Lipinski definition) is 3. The summed E-state index contributed by atoms with van der Waals surface area (Å²) in [7, 11) is 0. The van der Waals surface area contributed by atoms with E-state index in [4.69, 9.17) is 0 Å². The molecule has 1 fully saturated rings. The first-order chi connectivity index (χ1) is 14.6. The predicted molar refractivity (Wildman–Crippen MR) is 120 cm³/mol. The van der Waals surface area contributed by atoms with Crippen molar-refractivity contribution >= 4 is 23.2 Å². The third-order valence-corrected chi connectivity index (χ3v) is 5.58. The fourth-order valence-electron chi connectivity index (χ4n) is 3.78. The van der Waals surface area contributed by atoms with Crippen LogP contribution in [0.1, 0.15) is 24.2 Å². The molecule has 160 valence electrons. The van der Waals surface area contributed by atoms with Gasteiger partial charge in [0.25, 0.3) is 11.8 Å². The Labute approximate surface area is 178 Å². The van der Waals surface area contributed by atoms with Gasteiger partial charge in [0.2, 0.25) is 0 Å². The van der Waals surface area contributed by atoms with Crippen molar-refractivity contribution in [2.75, 3.05) is 55.6 Å². The zero-order chi connectivity index (χ0) is 21.3. The Kier molecular flexibility index (Phi) is 7.68. The normalized spacial score (nSPS) is 14.3. The molecule has 1 aliphatic heterocycles. The molecule has 7 nitrogen and oxygen atoms in total. The highest BCUT2D eigenvalue weighted by Crippen LogP contribution is 2.15. The topological polar surface area (TPSA) is 69.1 Å². The van der Waals surface area contributed by atoms with E-state index in [1.54, 1.807) is 12.1 Å². The van der Waals surface area contributed by atoms with Crippen LogP contribution in [0.4, 0.5) is 11.4 Å². The van der Waals surface area contributed by atoms with Crippen molar-refractivity contribution in [3.8, 4) is 0 Å². The van der Waals surface area contributed by atoms with Crippen LogP contribution in [0.5, 0.6) is 0 Å². The van der Waals surface area contributed by atoms with E-state index in [-0.39, 0.29) is 11.8 Å². The summed E-state index contributed by atoms with van der Waals surface area (Å²) in [5.41, 5.74) is 7.90. The highest BCUT2D eigenvalue weighted by molar-refractivity contribution is 5.95. The Bertz CT molecular complexity index is 813. The summed E-state index contributed by atoms with van der Waals surface area (Å²) in [4.78, 5) is 30.3. The first-order valence-corrected chi connectivity index (χ1v) is 10.7. The Balaban J connectivity index is 1.41. The van der Waals surface area contributed by atoms with Crippen LogP contribution in [-0.4, -0.2) is 57.6 Å². The van der Waals surface area contributed by atoms with Crippen LogP contribution in [-0.2, 0) is 4.79 Å². The maximum absolute atomic E-state index is 12.3. The fraction of sp³-hybridized carbons (Fsp3) is 0.391. The smallest absolute Gasteiger partial charge is 0.293 e. The zero-order valence-electron chi connectivity index (χ0n) is 17.9. The van der Waals surface area contributed by atoms with Gasteiger partial charge in [-0.25, -0.2) is 0 Å². The molecule has 1 aliphatic rings. The van der Waals surface area contributed by atoms with Gasteiger partial charge in [0.15, 0.2) is 6.54 Å². The SMILES string of the molecule is CCN(CC)c1ccc(C(=O)NNC(=O)C[NH+]2CCN(c3ccccc3)CC2)cc1. The Morgan fingerprint density at radius 1 is 0.933 bits per heavy atom. The molecule has 2 aromatic carbocycles. The van der Waals surface area contributed by atoms with Gasteiger partial charge in [0.1, 0.15) is 0 Å². The molecule has 2 amide bonds. The summed E-state index contributed by atoms with van der Waals surface area (Å²) in [6, 6.07) is 17.8. The molecule has 0 aromatic heterocycles. The number of para-hydroxylation sites is 1. The van der Waals surface area contributed by atoms with Gasteiger partial charge in [0, 0.05) is 30.0 Å². The number of benzene rings is 2. The molecule has 0 bridgehead atoms. The lowest BCUT2D eigenvalue weighted by Gasteiger charge is -2.33. The van der Waals surface area contributed by atoms with E-state index in [1.807, 2.05) is 30.3 Å². The van der Waals surface area contributed by atoms with Crippen molar-refractivity contribution in [3.05, 3.63) is 60.2 Å². The van der Waals surface area contributed by atoms with Gasteiger partial charge in [-0.15, -0.1) is 0 Å². The van der Waals surface area contributed by atoms with Crippen molar-refractivity contribution < 1.29 is 14.5 Å². The van der Waals surface area contributed by atoms with Gasteiger partial charge in [-0.1, -0.05) is 18.2 Å². The predicted octanol–water partition coefficient (Wildman–Crippen LogP) is 0.699. The maximum Gasteiger partial charge on any atom is 0.293 e. The van der Waals surface area contributed by atoms with E-state index in [0.29, 0.717) is 12.1 Å². The molecule has 0 radical (unpaired) electrons. The first-order valence-electron chi connectivity index (χ1n) is 10.7. The number of carbonyl (C=O) groups excluding carboxylic acids is 2. The van der Waals surface area contributed by atoms with E-state index in [2.05, 4.69) is 46.6 Å². The number of anilines is 2. The summed E-state index contributed by atoms with van der Waals surface area (Å²) < 4.78 is 0. The van der Waals surface area contributed by atoms with E-state index >= 15 is 0 Å². The minimum Gasteiger partial charge on any atom is -0.372 e. The van der Waals surface area contributed by atoms with Crippen LogP contribution in [0.15, 0.2) is 54.6 Å². The van der Waals surface area contributed by atoms with Gasteiger partial charge in [-0.2, -0.15) is 0 Å². The second kappa shape index (κ2) is 10.6. The lowest BCUT2D eigenvalue weighted by Crippen LogP contribution is -3.16. The van der Waals surface area contributed by atoms with E-state index in [1.165, 1.54) is 10.6 Å². The van der Waals surface area contributed by atoms with E-state index < -0.39 is 0 Å². The average molecular weight is 411 g/mol. The average Bonchev–Trinajstić information content (AvgIpc) is 2.80. The lowest BCUT2D eigenvalue weighted by molar-refractivity contribution is -0.892. The second-order valence-corrected chi connectivity index (χ2v) is 7.47. The highest BCUT2D eigenvalue weighted by atomic mass is 16.2.